The number of anilines is 2. The van der Waals surface area contributed by atoms with Crippen molar-refractivity contribution < 1.29 is 26.0 Å². The Balaban J connectivity index is 1.61. The summed E-state index contributed by atoms with van der Waals surface area (Å²) >= 11 is 0. The Morgan fingerprint density at radius 3 is 2.39 bits per heavy atom. The average Bonchev–Trinajstić information content (AvgIpc) is 2.88. The van der Waals surface area contributed by atoms with Gasteiger partial charge in [-0.05, 0) is 77.4 Å². The van der Waals surface area contributed by atoms with E-state index < -0.39 is 45.4 Å². The molecule has 0 amide bonds. The van der Waals surface area contributed by atoms with Crippen molar-refractivity contribution in [1.82, 2.24) is 19.4 Å². The average molecular weight is 599 g/mol. The van der Waals surface area contributed by atoms with Crippen molar-refractivity contribution in [2.24, 2.45) is 0 Å². The summed E-state index contributed by atoms with van der Waals surface area (Å²) in [6, 6.07) is 5.39. The molecule has 14 heteroatoms. The zero-order chi connectivity index (χ0) is 30.1. The number of sulfonamides is 1. The van der Waals surface area contributed by atoms with E-state index in [1.165, 1.54) is 10.6 Å². The molecule has 41 heavy (non-hydrogen) atoms. The number of halogens is 4. The first-order valence-electron chi connectivity index (χ1n) is 13.4. The highest BCUT2D eigenvalue weighted by molar-refractivity contribution is 7.92. The Bertz CT molecular complexity index is 1570. The second-order valence-corrected chi connectivity index (χ2v) is 12.7. The molecule has 0 radical (unpaired) electrons. The maximum atomic E-state index is 14.9. The lowest BCUT2D eigenvalue weighted by atomic mass is 9.91. The van der Waals surface area contributed by atoms with Crippen LogP contribution in [0.25, 0.3) is 22.2 Å². The van der Waals surface area contributed by atoms with Crippen LogP contribution in [0.3, 0.4) is 0 Å². The molecule has 1 aromatic carbocycles. The van der Waals surface area contributed by atoms with E-state index in [2.05, 4.69) is 34.3 Å². The van der Waals surface area contributed by atoms with Gasteiger partial charge in [-0.3, -0.25) is 14.1 Å². The number of rotatable bonds is 9. The number of hydrogen-bond acceptors (Lipinski definition) is 7. The number of aromatic nitrogens is 3. The van der Waals surface area contributed by atoms with E-state index in [0.29, 0.717) is 23.0 Å². The van der Waals surface area contributed by atoms with Gasteiger partial charge in [-0.25, -0.2) is 17.8 Å². The largest absolute Gasteiger partial charge is 0.390 e. The third kappa shape index (κ3) is 7.53. The van der Waals surface area contributed by atoms with Crippen LogP contribution in [0.1, 0.15) is 52.0 Å². The Labute approximate surface area is 236 Å². The van der Waals surface area contributed by atoms with Crippen LogP contribution in [0.4, 0.5) is 29.2 Å². The molecule has 1 aliphatic carbocycles. The van der Waals surface area contributed by atoms with E-state index in [-0.39, 0.29) is 23.2 Å². The van der Waals surface area contributed by atoms with Gasteiger partial charge in [-0.2, -0.15) is 18.2 Å². The molecule has 3 aromatic rings. The molecule has 0 atom stereocenters. The highest BCUT2D eigenvalue weighted by atomic mass is 32.2. The zero-order valence-corrected chi connectivity index (χ0v) is 24.1. The van der Waals surface area contributed by atoms with Gasteiger partial charge in [0.2, 0.25) is 16.0 Å². The van der Waals surface area contributed by atoms with Crippen molar-refractivity contribution in [3.63, 3.8) is 0 Å². The molecule has 0 bridgehead atoms. The summed E-state index contributed by atoms with van der Waals surface area (Å²) in [7, 11) is -0.284. The van der Waals surface area contributed by atoms with E-state index in [1.807, 2.05) is 18.6 Å². The van der Waals surface area contributed by atoms with E-state index in [1.54, 1.807) is 12.3 Å². The molecule has 0 spiro atoms. The van der Waals surface area contributed by atoms with Crippen molar-refractivity contribution in [2.75, 3.05) is 29.9 Å². The van der Waals surface area contributed by atoms with E-state index in [4.69, 9.17) is 0 Å². The first-order chi connectivity index (χ1) is 19.1. The SMILES string of the molecule is CC(C)n1c(=O)c(-c2ccc(NS(=O)(=O)CCC(F)(F)F)c(F)c2)cc2cnc(NC3CCC(N(C)C)CC3)nc21. The normalized spacial score (nSPS) is 18.3. The van der Waals surface area contributed by atoms with Crippen LogP contribution in [-0.2, 0) is 10.0 Å². The van der Waals surface area contributed by atoms with Crippen LogP contribution >= 0.6 is 0 Å². The predicted molar refractivity (Wildman–Crippen MR) is 151 cm³/mol. The fraction of sp³-hybridized carbons (Fsp3) is 0.519. The maximum absolute atomic E-state index is 14.9. The molecule has 9 nitrogen and oxygen atoms in total. The Morgan fingerprint density at radius 2 is 1.80 bits per heavy atom. The van der Waals surface area contributed by atoms with Crippen molar-refractivity contribution in [3.05, 3.63) is 46.6 Å². The lowest BCUT2D eigenvalue weighted by Crippen LogP contribution is -2.36. The molecule has 224 valence electrons. The summed E-state index contributed by atoms with van der Waals surface area (Å²) in [6.45, 7) is 3.64. The fourth-order valence-electron chi connectivity index (χ4n) is 5.03. The Morgan fingerprint density at radius 1 is 1.12 bits per heavy atom. The summed E-state index contributed by atoms with van der Waals surface area (Å²) in [5.41, 5.74) is -0.214. The minimum Gasteiger partial charge on any atom is -0.351 e. The van der Waals surface area contributed by atoms with Gasteiger partial charge < -0.3 is 10.2 Å². The number of alkyl halides is 3. The number of pyridine rings is 1. The highest BCUT2D eigenvalue weighted by Crippen LogP contribution is 2.28. The number of nitrogens with zero attached hydrogens (tertiary/aromatic N) is 4. The number of fused-ring (bicyclic) bond motifs is 1. The number of benzene rings is 1. The molecule has 2 N–H and O–H groups in total. The smallest absolute Gasteiger partial charge is 0.351 e. The van der Waals surface area contributed by atoms with Crippen LogP contribution in [0.15, 0.2) is 35.3 Å². The van der Waals surface area contributed by atoms with Crippen molar-refractivity contribution >= 4 is 32.7 Å². The van der Waals surface area contributed by atoms with Gasteiger partial charge >= 0.3 is 6.18 Å². The lowest BCUT2D eigenvalue weighted by molar-refractivity contribution is -0.129. The molecule has 2 heterocycles. The van der Waals surface area contributed by atoms with E-state index in [0.717, 1.165) is 37.8 Å². The summed E-state index contributed by atoms with van der Waals surface area (Å²) < 4.78 is 79.6. The van der Waals surface area contributed by atoms with Gasteiger partial charge in [-0.1, -0.05) is 6.07 Å². The third-order valence-electron chi connectivity index (χ3n) is 7.25. The maximum Gasteiger partial charge on any atom is 0.390 e. The Hall–Kier alpha value is -3.26. The van der Waals surface area contributed by atoms with E-state index in [9.17, 15) is 30.8 Å². The molecule has 0 unspecified atom stereocenters. The van der Waals surface area contributed by atoms with Crippen LogP contribution < -0.4 is 15.6 Å². The number of nitrogens with one attached hydrogen (secondary N) is 2. The molecule has 2 aromatic heterocycles. The van der Waals surface area contributed by atoms with Gasteiger partial charge in [0.1, 0.15) is 11.5 Å². The van der Waals surface area contributed by atoms with Gasteiger partial charge in [0.15, 0.2) is 0 Å². The van der Waals surface area contributed by atoms with Crippen molar-refractivity contribution in [1.29, 1.82) is 0 Å². The predicted octanol–water partition coefficient (Wildman–Crippen LogP) is 5.16. The van der Waals surface area contributed by atoms with Gasteiger partial charge in [0.05, 0.1) is 17.9 Å². The second kappa shape index (κ2) is 11.9. The van der Waals surface area contributed by atoms with Crippen molar-refractivity contribution in [2.45, 2.75) is 70.3 Å². The van der Waals surface area contributed by atoms with Gasteiger partial charge in [0, 0.05) is 35.3 Å². The molecular formula is C27H34F4N6O3S. The Kier molecular flexibility index (Phi) is 8.93. The highest BCUT2D eigenvalue weighted by Gasteiger charge is 2.30. The van der Waals surface area contributed by atoms with Crippen LogP contribution in [-0.4, -0.2) is 66.0 Å². The molecule has 4 rings (SSSR count). The van der Waals surface area contributed by atoms with Crippen molar-refractivity contribution in [3.8, 4) is 11.1 Å². The molecule has 1 fully saturated rings. The van der Waals surface area contributed by atoms with Crippen LogP contribution in [0, 0.1) is 5.82 Å². The standard InChI is InChI=1S/C27H34F4N6O3S/c1-16(2)37-24-18(15-32-26(34-24)33-19-6-8-20(9-7-19)36(3)4)13-21(25(37)38)17-5-10-23(22(28)14-17)35-41(39,40)12-11-27(29,30)31/h5,10,13-16,19-20,35H,6-9,11-12H2,1-4H3,(H,32,33,34). The molecule has 0 aliphatic heterocycles. The first kappa shape index (κ1) is 30.7. The summed E-state index contributed by atoms with van der Waals surface area (Å²) in [6.07, 6.45) is -0.580. The molecular weight excluding hydrogens is 564 g/mol. The molecule has 1 aliphatic rings. The van der Waals surface area contributed by atoms with Crippen LogP contribution in [0.5, 0.6) is 0 Å². The summed E-state index contributed by atoms with van der Waals surface area (Å²) in [4.78, 5) is 24.9. The monoisotopic (exact) mass is 598 g/mol. The first-order valence-corrected chi connectivity index (χ1v) is 15.0. The fourth-order valence-corrected chi connectivity index (χ4v) is 6.13. The summed E-state index contributed by atoms with van der Waals surface area (Å²) in [5, 5.41) is 3.94. The zero-order valence-electron chi connectivity index (χ0n) is 23.3. The van der Waals surface area contributed by atoms with E-state index >= 15 is 0 Å². The second-order valence-electron chi connectivity index (χ2n) is 10.9. The van der Waals surface area contributed by atoms with Gasteiger partial charge in [-0.15, -0.1) is 0 Å². The third-order valence-corrected chi connectivity index (χ3v) is 8.52. The quantitative estimate of drug-likeness (QED) is 0.328. The van der Waals surface area contributed by atoms with Gasteiger partial charge in [0.25, 0.3) is 5.56 Å². The molecule has 1 saturated carbocycles. The lowest BCUT2D eigenvalue weighted by Gasteiger charge is -2.33. The minimum absolute atomic E-state index is 0.142. The molecule has 0 saturated heterocycles. The topological polar surface area (TPSA) is 109 Å². The number of hydrogen-bond donors (Lipinski definition) is 2. The van der Waals surface area contributed by atoms with Crippen LogP contribution in [0.2, 0.25) is 0 Å². The summed E-state index contributed by atoms with van der Waals surface area (Å²) in [5.74, 6) is -1.86. The minimum atomic E-state index is -4.67.